The molecule has 0 spiro atoms. The van der Waals surface area contributed by atoms with Crippen molar-refractivity contribution >= 4 is 0 Å². The van der Waals surface area contributed by atoms with Gasteiger partial charge in [-0.3, -0.25) is 0 Å². The Morgan fingerprint density at radius 2 is 2.22 bits per heavy atom. The van der Waals surface area contributed by atoms with Gasteiger partial charge in [0.25, 0.3) is 0 Å². The van der Waals surface area contributed by atoms with Crippen LogP contribution >= 0.6 is 0 Å². The van der Waals surface area contributed by atoms with Crippen molar-refractivity contribution < 1.29 is 0 Å². The van der Waals surface area contributed by atoms with E-state index < -0.39 is 0 Å². The fraction of sp³-hybridized carbons (Fsp3) is 0.750. The second-order valence-corrected chi connectivity index (χ2v) is 2.21. The molecule has 0 aromatic heterocycles. The molecule has 0 aliphatic carbocycles. The maximum Gasteiger partial charge on any atom is 0.00138 e. The van der Waals surface area contributed by atoms with Crippen LogP contribution in [0.25, 0.3) is 0 Å². The summed E-state index contributed by atoms with van der Waals surface area (Å²) in [5.41, 5.74) is 0. The highest BCUT2D eigenvalue weighted by molar-refractivity contribution is 4.78. The van der Waals surface area contributed by atoms with Gasteiger partial charge in [-0.2, -0.15) is 0 Å². The van der Waals surface area contributed by atoms with E-state index in [9.17, 15) is 0 Å². The SMILES string of the molecule is C=CC(CC)CNCC. The van der Waals surface area contributed by atoms with E-state index >= 15 is 0 Å². The molecule has 0 aliphatic heterocycles. The van der Waals surface area contributed by atoms with E-state index in [4.69, 9.17) is 0 Å². The van der Waals surface area contributed by atoms with Crippen molar-refractivity contribution in [3.05, 3.63) is 12.7 Å². The summed E-state index contributed by atoms with van der Waals surface area (Å²) in [6, 6.07) is 0. The molecule has 1 unspecified atom stereocenters. The molecule has 0 amide bonds. The second kappa shape index (κ2) is 5.83. The normalized spacial score (nSPS) is 13.1. The first-order valence-corrected chi connectivity index (χ1v) is 3.68. The summed E-state index contributed by atoms with van der Waals surface area (Å²) in [4.78, 5) is 0. The Morgan fingerprint density at radius 1 is 1.56 bits per heavy atom. The molecule has 0 fully saturated rings. The zero-order valence-electron chi connectivity index (χ0n) is 6.48. The third-order valence-corrected chi connectivity index (χ3v) is 1.51. The van der Waals surface area contributed by atoms with Crippen LogP contribution in [0.15, 0.2) is 12.7 Å². The van der Waals surface area contributed by atoms with Gasteiger partial charge in [0.15, 0.2) is 0 Å². The summed E-state index contributed by atoms with van der Waals surface area (Å²) < 4.78 is 0. The number of hydrogen-bond donors (Lipinski definition) is 1. The van der Waals surface area contributed by atoms with Crippen LogP contribution in [-0.4, -0.2) is 13.1 Å². The lowest BCUT2D eigenvalue weighted by Gasteiger charge is -2.08. The molecule has 1 atom stereocenters. The molecule has 0 saturated heterocycles. The predicted octanol–water partition coefficient (Wildman–Crippen LogP) is 1.81. The van der Waals surface area contributed by atoms with Gasteiger partial charge in [-0.15, -0.1) is 6.58 Å². The summed E-state index contributed by atoms with van der Waals surface area (Å²) in [5, 5.41) is 3.28. The zero-order valence-corrected chi connectivity index (χ0v) is 6.48. The van der Waals surface area contributed by atoms with Gasteiger partial charge in [0.05, 0.1) is 0 Å². The van der Waals surface area contributed by atoms with Crippen LogP contribution in [0.5, 0.6) is 0 Å². The molecular weight excluding hydrogens is 110 g/mol. The highest BCUT2D eigenvalue weighted by Gasteiger charge is 1.96. The maximum atomic E-state index is 3.74. The predicted molar refractivity (Wildman–Crippen MR) is 42.5 cm³/mol. The Morgan fingerprint density at radius 3 is 2.56 bits per heavy atom. The van der Waals surface area contributed by atoms with Crippen LogP contribution in [0.3, 0.4) is 0 Å². The fourth-order valence-electron chi connectivity index (χ4n) is 0.724. The zero-order chi connectivity index (χ0) is 7.11. The fourth-order valence-corrected chi connectivity index (χ4v) is 0.724. The maximum absolute atomic E-state index is 3.74. The molecule has 0 heterocycles. The quantitative estimate of drug-likeness (QED) is 0.555. The summed E-state index contributed by atoms with van der Waals surface area (Å²) >= 11 is 0. The topological polar surface area (TPSA) is 12.0 Å². The minimum Gasteiger partial charge on any atom is -0.316 e. The molecule has 0 saturated carbocycles. The summed E-state index contributed by atoms with van der Waals surface area (Å²) in [6.45, 7) is 10.2. The van der Waals surface area contributed by atoms with Crippen molar-refractivity contribution in [2.24, 2.45) is 5.92 Å². The second-order valence-electron chi connectivity index (χ2n) is 2.21. The largest absolute Gasteiger partial charge is 0.316 e. The molecule has 1 nitrogen and oxygen atoms in total. The summed E-state index contributed by atoms with van der Waals surface area (Å²) in [7, 11) is 0. The van der Waals surface area contributed by atoms with Crippen molar-refractivity contribution in [2.45, 2.75) is 20.3 Å². The Kier molecular flexibility index (Phi) is 5.64. The number of nitrogens with one attached hydrogen (secondary N) is 1. The first-order valence-electron chi connectivity index (χ1n) is 3.68. The highest BCUT2D eigenvalue weighted by Crippen LogP contribution is 1.99. The Bertz CT molecular complexity index is 69.0. The van der Waals surface area contributed by atoms with Crippen molar-refractivity contribution in [2.75, 3.05) is 13.1 Å². The summed E-state index contributed by atoms with van der Waals surface area (Å²) in [6.07, 6.45) is 3.21. The van der Waals surface area contributed by atoms with Crippen molar-refractivity contribution in [3.8, 4) is 0 Å². The van der Waals surface area contributed by atoms with Crippen molar-refractivity contribution in [1.29, 1.82) is 0 Å². The van der Waals surface area contributed by atoms with Gasteiger partial charge in [0.1, 0.15) is 0 Å². The Labute approximate surface area is 58.2 Å². The molecule has 0 rings (SSSR count). The van der Waals surface area contributed by atoms with Crippen LogP contribution in [0.2, 0.25) is 0 Å². The molecule has 1 N–H and O–H groups in total. The molecule has 0 aromatic carbocycles. The number of hydrogen-bond acceptors (Lipinski definition) is 1. The third kappa shape index (κ3) is 4.22. The molecule has 9 heavy (non-hydrogen) atoms. The minimum absolute atomic E-state index is 0.657. The van der Waals surface area contributed by atoms with Crippen LogP contribution in [0.4, 0.5) is 0 Å². The monoisotopic (exact) mass is 127 g/mol. The summed E-state index contributed by atoms with van der Waals surface area (Å²) in [5.74, 6) is 0.657. The van der Waals surface area contributed by atoms with Gasteiger partial charge in [-0.05, 0) is 18.9 Å². The van der Waals surface area contributed by atoms with E-state index in [-0.39, 0.29) is 0 Å². The minimum atomic E-state index is 0.657. The van der Waals surface area contributed by atoms with Crippen molar-refractivity contribution in [1.82, 2.24) is 5.32 Å². The van der Waals surface area contributed by atoms with E-state index in [0.29, 0.717) is 5.92 Å². The lowest BCUT2D eigenvalue weighted by Crippen LogP contribution is -2.20. The Balaban J connectivity index is 3.20. The highest BCUT2D eigenvalue weighted by atomic mass is 14.8. The molecule has 0 aliphatic rings. The van der Waals surface area contributed by atoms with Crippen LogP contribution < -0.4 is 5.32 Å². The van der Waals surface area contributed by atoms with E-state index in [1.165, 1.54) is 6.42 Å². The van der Waals surface area contributed by atoms with E-state index in [1.807, 2.05) is 6.08 Å². The first kappa shape index (κ1) is 8.70. The van der Waals surface area contributed by atoms with E-state index in [1.54, 1.807) is 0 Å². The van der Waals surface area contributed by atoms with Gasteiger partial charge in [0.2, 0.25) is 0 Å². The lowest BCUT2D eigenvalue weighted by atomic mass is 10.1. The van der Waals surface area contributed by atoms with Gasteiger partial charge < -0.3 is 5.32 Å². The van der Waals surface area contributed by atoms with Gasteiger partial charge in [-0.25, -0.2) is 0 Å². The standard InChI is InChI=1S/C8H17N/c1-4-8(5-2)7-9-6-3/h4,8-9H,1,5-7H2,2-3H3. The average Bonchev–Trinajstić information content (AvgIpc) is 1.91. The molecule has 0 radical (unpaired) electrons. The van der Waals surface area contributed by atoms with Gasteiger partial charge >= 0.3 is 0 Å². The third-order valence-electron chi connectivity index (χ3n) is 1.51. The van der Waals surface area contributed by atoms with Gasteiger partial charge in [0, 0.05) is 6.54 Å². The van der Waals surface area contributed by atoms with Gasteiger partial charge in [-0.1, -0.05) is 19.9 Å². The number of rotatable bonds is 5. The van der Waals surface area contributed by atoms with Crippen molar-refractivity contribution in [3.63, 3.8) is 0 Å². The lowest BCUT2D eigenvalue weighted by molar-refractivity contribution is 0.557. The van der Waals surface area contributed by atoms with Crippen LogP contribution in [-0.2, 0) is 0 Å². The molecular formula is C8H17N. The van der Waals surface area contributed by atoms with Crippen LogP contribution in [0, 0.1) is 5.92 Å². The molecule has 54 valence electrons. The molecule has 0 bridgehead atoms. The Hall–Kier alpha value is -0.300. The van der Waals surface area contributed by atoms with E-state index in [2.05, 4.69) is 25.7 Å². The average molecular weight is 127 g/mol. The molecule has 0 aromatic rings. The smallest absolute Gasteiger partial charge is 0.00138 e. The first-order chi connectivity index (χ1) is 4.35. The van der Waals surface area contributed by atoms with E-state index in [0.717, 1.165) is 13.1 Å². The van der Waals surface area contributed by atoms with Crippen LogP contribution in [0.1, 0.15) is 20.3 Å². The molecule has 1 heteroatoms.